The van der Waals surface area contributed by atoms with Gasteiger partial charge in [0.05, 0.1) is 12.8 Å². The molecule has 2 aromatic heterocycles. The van der Waals surface area contributed by atoms with Crippen molar-refractivity contribution in [3.63, 3.8) is 0 Å². The summed E-state index contributed by atoms with van der Waals surface area (Å²) >= 11 is 6.58. The molecule has 38 heavy (non-hydrogen) atoms. The minimum atomic E-state index is -0.228. The third kappa shape index (κ3) is 6.04. The number of nitrogens with zero attached hydrogens (tertiary/aromatic N) is 5. The number of imidazole rings is 1. The van der Waals surface area contributed by atoms with Crippen LogP contribution in [0.3, 0.4) is 0 Å². The SMILES string of the molecule is Cc1ccc(C(=O)Nc2ccc(CN3CCN(CCO)CC3)c(Cl)c2)cc1C#Cc1cnc2cccnn12. The Labute approximate surface area is 226 Å². The maximum absolute atomic E-state index is 13.0. The lowest BCUT2D eigenvalue weighted by Crippen LogP contribution is -2.46. The molecule has 3 heterocycles. The average molecular weight is 529 g/mol. The Balaban J connectivity index is 1.25. The molecule has 0 aliphatic carbocycles. The predicted octanol–water partition coefficient (Wildman–Crippen LogP) is 3.45. The molecule has 0 atom stereocenters. The van der Waals surface area contributed by atoms with Gasteiger partial charge in [0, 0.05) is 67.3 Å². The first-order valence-corrected chi connectivity index (χ1v) is 12.9. The summed E-state index contributed by atoms with van der Waals surface area (Å²) < 4.78 is 1.68. The molecule has 2 aromatic carbocycles. The number of aliphatic hydroxyl groups excluding tert-OH is 1. The molecular formula is C29H29ClN6O2. The molecule has 1 aliphatic heterocycles. The summed E-state index contributed by atoms with van der Waals surface area (Å²) in [4.78, 5) is 21.9. The number of aliphatic hydroxyl groups is 1. The van der Waals surface area contributed by atoms with E-state index in [9.17, 15) is 4.79 Å². The second kappa shape index (κ2) is 11.8. The van der Waals surface area contributed by atoms with Crippen LogP contribution in [0.25, 0.3) is 5.65 Å². The normalized spacial score (nSPS) is 14.3. The molecule has 4 aromatic rings. The van der Waals surface area contributed by atoms with Gasteiger partial charge >= 0.3 is 0 Å². The Morgan fingerprint density at radius 1 is 1.08 bits per heavy atom. The molecule has 8 nitrogen and oxygen atoms in total. The van der Waals surface area contributed by atoms with E-state index in [0.29, 0.717) is 22.0 Å². The van der Waals surface area contributed by atoms with E-state index in [1.807, 2.05) is 37.3 Å². The number of hydrogen-bond donors (Lipinski definition) is 2. The fraction of sp³-hybridized carbons (Fsp3) is 0.276. The Morgan fingerprint density at radius 2 is 1.89 bits per heavy atom. The van der Waals surface area contributed by atoms with Crippen LogP contribution in [-0.2, 0) is 6.54 Å². The molecule has 0 unspecified atom stereocenters. The largest absolute Gasteiger partial charge is 0.395 e. The third-order valence-corrected chi connectivity index (χ3v) is 7.04. The van der Waals surface area contributed by atoms with E-state index in [4.69, 9.17) is 16.7 Å². The number of halogens is 1. The lowest BCUT2D eigenvalue weighted by molar-refractivity contribution is 0.102. The fourth-order valence-electron chi connectivity index (χ4n) is 4.45. The fourth-order valence-corrected chi connectivity index (χ4v) is 4.69. The summed E-state index contributed by atoms with van der Waals surface area (Å²) in [5.41, 5.74) is 5.31. The molecule has 0 bridgehead atoms. The summed E-state index contributed by atoms with van der Waals surface area (Å²) in [6.45, 7) is 7.36. The minimum absolute atomic E-state index is 0.192. The van der Waals surface area contributed by atoms with Gasteiger partial charge in [-0.1, -0.05) is 29.7 Å². The smallest absolute Gasteiger partial charge is 0.255 e. The molecule has 194 valence electrons. The molecule has 1 saturated heterocycles. The van der Waals surface area contributed by atoms with Crippen molar-refractivity contribution >= 4 is 28.8 Å². The van der Waals surface area contributed by atoms with Crippen LogP contribution in [0.15, 0.2) is 60.9 Å². The zero-order chi connectivity index (χ0) is 26.5. The first-order valence-electron chi connectivity index (χ1n) is 12.6. The lowest BCUT2D eigenvalue weighted by Gasteiger charge is -2.34. The predicted molar refractivity (Wildman–Crippen MR) is 148 cm³/mol. The molecule has 2 N–H and O–H groups in total. The van der Waals surface area contributed by atoms with Crippen molar-refractivity contribution in [2.45, 2.75) is 13.5 Å². The highest BCUT2D eigenvalue weighted by atomic mass is 35.5. The maximum atomic E-state index is 13.0. The average Bonchev–Trinajstić information content (AvgIpc) is 3.34. The van der Waals surface area contributed by atoms with Gasteiger partial charge in [-0.15, -0.1) is 0 Å². The van der Waals surface area contributed by atoms with Gasteiger partial charge in [0.2, 0.25) is 0 Å². The monoisotopic (exact) mass is 528 g/mol. The molecular weight excluding hydrogens is 500 g/mol. The quantitative estimate of drug-likeness (QED) is 0.373. The number of benzene rings is 2. The van der Waals surface area contributed by atoms with E-state index >= 15 is 0 Å². The highest BCUT2D eigenvalue weighted by Gasteiger charge is 2.17. The molecule has 0 radical (unpaired) electrons. The van der Waals surface area contributed by atoms with Crippen molar-refractivity contribution in [1.82, 2.24) is 24.4 Å². The number of β-amino-alcohol motifs (C(OH)–C–C–N with tert-alkyl or cyclic N) is 1. The van der Waals surface area contributed by atoms with E-state index in [1.165, 1.54) is 0 Å². The van der Waals surface area contributed by atoms with Crippen LogP contribution >= 0.6 is 11.6 Å². The minimum Gasteiger partial charge on any atom is -0.395 e. The molecule has 1 fully saturated rings. The second-order valence-electron chi connectivity index (χ2n) is 9.32. The van der Waals surface area contributed by atoms with E-state index in [2.05, 4.69) is 37.0 Å². The standard InChI is InChI=1S/C29H29ClN6O2/c1-21-4-5-23(17-22(21)7-9-26-19-31-28-3-2-10-32-36(26)28)29(38)33-25-8-6-24(27(30)18-25)20-35-13-11-34(12-14-35)15-16-37/h2-6,8,10,17-19,37H,11-16,20H2,1H3,(H,33,38). The Morgan fingerprint density at radius 3 is 2.68 bits per heavy atom. The van der Waals surface area contributed by atoms with Gasteiger partial charge in [0.1, 0.15) is 5.69 Å². The molecule has 9 heteroatoms. The van der Waals surface area contributed by atoms with Crippen LogP contribution in [0, 0.1) is 18.8 Å². The number of aryl methyl sites for hydroxylation is 1. The number of nitrogens with one attached hydrogen (secondary N) is 1. The molecule has 1 aliphatic rings. The zero-order valence-corrected chi connectivity index (χ0v) is 21.9. The van der Waals surface area contributed by atoms with Gasteiger partial charge in [-0.25, -0.2) is 9.50 Å². The van der Waals surface area contributed by atoms with Crippen LogP contribution in [0.4, 0.5) is 5.69 Å². The van der Waals surface area contributed by atoms with Gasteiger partial charge < -0.3 is 10.4 Å². The van der Waals surface area contributed by atoms with Crippen LogP contribution < -0.4 is 5.32 Å². The molecule has 1 amide bonds. The molecule has 0 spiro atoms. The van der Waals surface area contributed by atoms with Crippen molar-refractivity contribution in [3.05, 3.63) is 93.9 Å². The van der Waals surface area contributed by atoms with Crippen molar-refractivity contribution in [2.75, 3.05) is 44.6 Å². The number of carbonyl (C=O) groups is 1. The van der Waals surface area contributed by atoms with Crippen molar-refractivity contribution in [3.8, 4) is 11.8 Å². The van der Waals surface area contributed by atoms with Crippen LogP contribution in [0.5, 0.6) is 0 Å². The second-order valence-corrected chi connectivity index (χ2v) is 9.73. The maximum Gasteiger partial charge on any atom is 0.255 e. The van der Waals surface area contributed by atoms with Gasteiger partial charge in [-0.3, -0.25) is 14.6 Å². The highest BCUT2D eigenvalue weighted by molar-refractivity contribution is 6.31. The first kappa shape index (κ1) is 25.9. The lowest BCUT2D eigenvalue weighted by atomic mass is 10.0. The number of anilines is 1. The number of piperazine rings is 1. The van der Waals surface area contributed by atoms with Crippen molar-refractivity contribution in [2.24, 2.45) is 0 Å². The Hall–Kier alpha value is -3.74. The van der Waals surface area contributed by atoms with Crippen molar-refractivity contribution in [1.29, 1.82) is 0 Å². The number of aromatic nitrogens is 3. The van der Waals surface area contributed by atoms with E-state index in [-0.39, 0.29) is 12.5 Å². The van der Waals surface area contributed by atoms with Crippen LogP contribution in [0.1, 0.15) is 32.7 Å². The number of carbonyl (C=O) groups excluding carboxylic acids is 1. The van der Waals surface area contributed by atoms with Crippen LogP contribution in [0.2, 0.25) is 5.02 Å². The first-order chi connectivity index (χ1) is 18.5. The summed E-state index contributed by atoms with van der Waals surface area (Å²) in [5, 5.41) is 17.0. The number of fused-ring (bicyclic) bond motifs is 1. The summed E-state index contributed by atoms with van der Waals surface area (Å²) in [6, 6.07) is 14.8. The third-order valence-electron chi connectivity index (χ3n) is 6.69. The zero-order valence-electron chi connectivity index (χ0n) is 21.2. The summed E-state index contributed by atoms with van der Waals surface area (Å²) in [5.74, 6) is 6.05. The van der Waals surface area contributed by atoms with E-state index < -0.39 is 0 Å². The topological polar surface area (TPSA) is 86.0 Å². The van der Waals surface area contributed by atoms with Gasteiger partial charge in [0.25, 0.3) is 5.91 Å². The number of hydrogen-bond acceptors (Lipinski definition) is 6. The summed E-state index contributed by atoms with van der Waals surface area (Å²) in [7, 11) is 0. The van der Waals surface area contributed by atoms with Gasteiger partial charge in [-0.05, 0) is 60.4 Å². The Bertz CT molecular complexity index is 1510. The van der Waals surface area contributed by atoms with E-state index in [0.717, 1.165) is 61.6 Å². The van der Waals surface area contributed by atoms with E-state index in [1.54, 1.807) is 35.1 Å². The molecule has 5 rings (SSSR count). The number of rotatable bonds is 6. The summed E-state index contributed by atoms with van der Waals surface area (Å²) in [6.07, 6.45) is 3.38. The van der Waals surface area contributed by atoms with Crippen LogP contribution in [-0.4, -0.2) is 74.7 Å². The molecule has 0 saturated carbocycles. The van der Waals surface area contributed by atoms with Gasteiger partial charge in [0.15, 0.2) is 5.65 Å². The number of amides is 1. The Kier molecular flexibility index (Phi) is 8.01. The highest BCUT2D eigenvalue weighted by Crippen LogP contribution is 2.24. The van der Waals surface area contributed by atoms with Crippen molar-refractivity contribution < 1.29 is 9.90 Å². The van der Waals surface area contributed by atoms with Gasteiger partial charge in [-0.2, -0.15) is 5.10 Å².